The Morgan fingerprint density at radius 1 is 0.697 bits per heavy atom. The topological polar surface area (TPSA) is 29.1 Å². The molecule has 1 N–H and O–H groups in total. The zero-order chi connectivity index (χ0) is 22.2. The number of fused-ring (bicyclic) bond motifs is 2. The molecule has 1 saturated carbocycles. The van der Waals surface area contributed by atoms with E-state index in [0.29, 0.717) is 17.4 Å². The van der Waals surface area contributed by atoms with E-state index in [1.807, 2.05) is 48.5 Å². The monoisotopic (exact) mass is 427 g/mol. The maximum Gasteiger partial charge on any atom is 0.255 e. The first-order valence-corrected chi connectivity index (χ1v) is 11.6. The van der Waals surface area contributed by atoms with Crippen LogP contribution in [0.1, 0.15) is 33.8 Å². The Kier molecular flexibility index (Phi) is 4.92. The molecule has 2 heteroatoms. The SMILES string of the molecule is O=C(Nc1ccc(C2CC2Cc2ccc3ccccc3c2)cc1)c1ccc2ccccc2c1. The Bertz CT molecular complexity index is 1470. The van der Waals surface area contributed by atoms with Crippen molar-refractivity contribution in [2.24, 2.45) is 5.92 Å². The van der Waals surface area contributed by atoms with Gasteiger partial charge in [0.05, 0.1) is 0 Å². The number of benzene rings is 5. The van der Waals surface area contributed by atoms with E-state index in [-0.39, 0.29) is 5.91 Å². The van der Waals surface area contributed by atoms with E-state index in [4.69, 9.17) is 0 Å². The standard InChI is InChI=1S/C31H25NO/c33-31(27-12-11-23-6-2-4-8-26(23)19-27)32-29-15-13-24(14-16-29)30-20-28(30)18-21-9-10-22-5-1-3-7-25(22)17-21/h1-17,19,28,30H,18,20H2,(H,32,33). The van der Waals surface area contributed by atoms with Gasteiger partial charge in [0.2, 0.25) is 0 Å². The fourth-order valence-electron chi connectivity index (χ4n) is 4.90. The van der Waals surface area contributed by atoms with Crippen molar-refractivity contribution in [3.63, 3.8) is 0 Å². The van der Waals surface area contributed by atoms with Crippen molar-refractivity contribution in [3.8, 4) is 0 Å². The highest BCUT2D eigenvalue weighted by molar-refractivity contribution is 6.06. The normalized spacial score (nSPS) is 17.2. The van der Waals surface area contributed by atoms with Gasteiger partial charge in [-0.1, -0.05) is 84.9 Å². The molecule has 0 radical (unpaired) electrons. The molecular formula is C31H25NO. The molecule has 33 heavy (non-hydrogen) atoms. The Balaban J connectivity index is 1.10. The van der Waals surface area contributed by atoms with Crippen LogP contribution in [-0.4, -0.2) is 5.91 Å². The molecule has 2 unspecified atom stereocenters. The van der Waals surface area contributed by atoms with Crippen molar-refractivity contribution < 1.29 is 4.79 Å². The minimum absolute atomic E-state index is 0.0749. The van der Waals surface area contributed by atoms with Crippen LogP contribution in [-0.2, 0) is 6.42 Å². The number of nitrogens with one attached hydrogen (secondary N) is 1. The molecule has 0 spiro atoms. The van der Waals surface area contributed by atoms with Crippen LogP contribution in [0.3, 0.4) is 0 Å². The molecule has 2 atom stereocenters. The van der Waals surface area contributed by atoms with E-state index in [9.17, 15) is 4.79 Å². The summed E-state index contributed by atoms with van der Waals surface area (Å²) in [6.45, 7) is 0. The highest BCUT2D eigenvalue weighted by Crippen LogP contribution is 2.49. The molecule has 0 aromatic heterocycles. The zero-order valence-electron chi connectivity index (χ0n) is 18.4. The van der Waals surface area contributed by atoms with E-state index in [1.165, 1.54) is 28.3 Å². The molecule has 5 aromatic carbocycles. The minimum Gasteiger partial charge on any atom is -0.322 e. The summed E-state index contributed by atoms with van der Waals surface area (Å²) in [5.41, 5.74) is 4.30. The molecule has 5 aromatic rings. The van der Waals surface area contributed by atoms with Gasteiger partial charge in [-0.05, 0) is 81.6 Å². The second-order valence-corrected chi connectivity index (χ2v) is 9.13. The highest BCUT2D eigenvalue weighted by atomic mass is 16.1. The van der Waals surface area contributed by atoms with Crippen LogP contribution in [0.4, 0.5) is 5.69 Å². The molecule has 1 aliphatic carbocycles. The Morgan fingerprint density at radius 3 is 2.06 bits per heavy atom. The molecular weight excluding hydrogens is 402 g/mol. The Labute approximate surface area is 193 Å². The highest BCUT2D eigenvalue weighted by Gasteiger charge is 2.37. The summed E-state index contributed by atoms with van der Waals surface area (Å²) >= 11 is 0. The first-order valence-electron chi connectivity index (χ1n) is 11.6. The molecule has 6 rings (SSSR count). The van der Waals surface area contributed by atoms with Crippen LogP contribution in [0.5, 0.6) is 0 Å². The summed E-state index contributed by atoms with van der Waals surface area (Å²) in [4.78, 5) is 12.7. The zero-order valence-corrected chi connectivity index (χ0v) is 18.4. The predicted molar refractivity (Wildman–Crippen MR) is 137 cm³/mol. The number of carbonyl (C=O) groups is 1. The van der Waals surface area contributed by atoms with Crippen LogP contribution in [0.2, 0.25) is 0 Å². The molecule has 0 bridgehead atoms. The van der Waals surface area contributed by atoms with Crippen molar-refractivity contribution in [2.45, 2.75) is 18.8 Å². The molecule has 0 saturated heterocycles. The summed E-state index contributed by atoms with van der Waals surface area (Å²) in [6.07, 6.45) is 2.35. The van der Waals surface area contributed by atoms with Crippen LogP contribution in [0.15, 0.2) is 109 Å². The number of anilines is 1. The fourth-order valence-corrected chi connectivity index (χ4v) is 4.90. The molecule has 1 amide bonds. The summed E-state index contributed by atoms with van der Waals surface area (Å²) in [7, 11) is 0. The minimum atomic E-state index is -0.0749. The van der Waals surface area contributed by atoms with E-state index in [0.717, 1.165) is 22.9 Å². The second kappa shape index (κ2) is 8.22. The van der Waals surface area contributed by atoms with Gasteiger partial charge in [-0.3, -0.25) is 4.79 Å². The lowest BCUT2D eigenvalue weighted by Gasteiger charge is -2.08. The third kappa shape index (κ3) is 4.12. The number of amides is 1. The van der Waals surface area contributed by atoms with Gasteiger partial charge >= 0.3 is 0 Å². The smallest absolute Gasteiger partial charge is 0.255 e. The van der Waals surface area contributed by atoms with Crippen molar-refractivity contribution in [1.82, 2.24) is 0 Å². The van der Waals surface area contributed by atoms with Crippen LogP contribution in [0.25, 0.3) is 21.5 Å². The molecule has 2 nitrogen and oxygen atoms in total. The number of carbonyl (C=O) groups excluding carboxylic acids is 1. The lowest BCUT2D eigenvalue weighted by atomic mass is 10.0. The first kappa shape index (κ1) is 19.8. The largest absolute Gasteiger partial charge is 0.322 e. The third-order valence-electron chi connectivity index (χ3n) is 6.84. The van der Waals surface area contributed by atoms with E-state index < -0.39 is 0 Å². The molecule has 1 aliphatic rings. The van der Waals surface area contributed by atoms with E-state index in [2.05, 4.69) is 66.0 Å². The van der Waals surface area contributed by atoms with Crippen LogP contribution in [0, 0.1) is 5.92 Å². The predicted octanol–water partition coefficient (Wildman–Crippen LogP) is 7.59. The summed E-state index contributed by atoms with van der Waals surface area (Å²) in [5.74, 6) is 1.24. The van der Waals surface area contributed by atoms with Crippen molar-refractivity contribution in [2.75, 3.05) is 5.32 Å². The Hall–Kier alpha value is -3.91. The first-order chi connectivity index (χ1) is 16.2. The van der Waals surface area contributed by atoms with Gasteiger partial charge in [0.25, 0.3) is 5.91 Å². The van der Waals surface area contributed by atoms with Crippen LogP contribution >= 0.6 is 0 Å². The molecule has 1 fully saturated rings. The van der Waals surface area contributed by atoms with E-state index in [1.54, 1.807) is 0 Å². The van der Waals surface area contributed by atoms with Crippen LogP contribution < -0.4 is 5.32 Å². The average Bonchev–Trinajstić information content (AvgIpc) is 3.63. The maximum atomic E-state index is 12.7. The maximum absolute atomic E-state index is 12.7. The third-order valence-corrected chi connectivity index (χ3v) is 6.84. The second-order valence-electron chi connectivity index (χ2n) is 9.13. The van der Waals surface area contributed by atoms with Gasteiger partial charge in [-0.2, -0.15) is 0 Å². The summed E-state index contributed by atoms with van der Waals surface area (Å²) in [6, 6.07) is 37.7. The van der Waals surface area contributed by atoms with Gasteiger partial charge in [0.15, 0.2) is 0 Å². The number of hydrogen-bond acceptors (Lipinski definition) is 1. The molecule has 0 heterocycles. The van der Waals surface area contributed by atoms with E-state index >= 15 is 0 Å². The van der Waals surface area contributed by atoms with Gasteiger partial charge in [0.1, 0.15) is 0 Å². The van der Waals surface area contributed by atoms with Gasteiger partial charge in [0, 0.05) is 11.3 Å². The lowest BCUT2D eigenvalue weighted by Crippen LogP contribution is -2.11. The summed E-state index contributed by atoms with van der Waals surface area (Å²) in [5, 5.41) is 7.87. The number of hydrogen-bond donors (Lipinski definition) is 1. The summed E-state index contributed by atoms with van der Waals surface area (Å²) < 4.78 is 0. The van der Waals surface area contributed by atoms with Gasteiger partial charge < -0.3 is 5.32 Å². The Morgan fingerprint density at radius 2 is 1.33 bits per heavy atom. The number of rotatable bonds is 5. The fraction of sp³-hybridized carbons (Fsp3) is 0.129. The van der Waals surface area contributed by atoms with Crippen molar-refractivity contribution in [3.05, 3.63) is 126 Å². The van der Waals surface area contributed by atoms with Crippen molar-refractivity contribution in [1.29, 1.82) is 0 Å². The van der Waals surface area contributed by atoms with Gasteiger partial charge in [-0.15, -0.1) is 0 Å². The van der Waals surface area contributed by atoms with Crippen molar-refractivity contribution >= 4 is 33.1 Å². The average molecular weight is 428 g/mol. The lowest BCUT2D eigenvalue weighted by molar-refractivity contribution is 0.102. The quantitative estimate of drug-likeness (QED) is 0.307. The molecule has 0 aliphatic heterocycles. The molecule has 160 valence electrons. The van der Waals surface area contributed by atoms with Gasteiger partial charge in [-0.25, -0.2) is 0 Å².